The van der Waals surface area contributed by atoms with E-state index >= 15 is 0 Å². The van der Waals surface area contributed by atoms with E-state index in [0.29, 0.717) is 27.4 Å². The van der Waals surface area contributed by atoms with E-state index in [4.69, 9.17) is 21.1 Å². The van der Waals surface area contributed by atoms with Crippen molar-refractivity contribution in [1.82, 2.24) is 10.2 Å². The van der Waals surface area contributed by atoms with Gasteiger partial charge in [0.2, 0.25) is 5.91 Å². The summed E-state index contributed by atoms with van der Waals surface area (Å²) in [7, 11) is 1.60. The van der Waals surface area contributed by atoms with E-state index in [2.05, 4.69) is 21.2 Å². The van der Waals surface area contributed by atoms with Gasteiger partial charge in [-0.25, -0.2) is 0 Å². The number of carbonyl (C=O) groups excluding carboxylic acids is 2. The number of halogens is 2. The number of ether oxygens (including phenoxy) is 2. The zero-order valence-electron chi connectivity index (χ0n) is 19.7. The molecule has 1 fully saturated rings. The average Bonchev–Trinajstić information content (AvgIpc) is 2.84. The molecule has 8 heteroatoms. The van der Waals surface area contributed by atoms with Gasteiger partial charge in [-0.2, -0.15) is 0 Å². The van der Waals surface area contributed by atoms with Crippen molar-refractivity contribution in [3.05, 3.63) is 57.5 Å². The molecule has 0 bridgehead atoms. The maximum Gasteiger partial charge on any atom is 0.261 e. The third kappa shape index (κ3) is 7.37. The van der Waals surface area contributed by atoms with E-state index < -0.39 is 6.04 Å². The van der Waals surface area contributed by atoms with Crippen molar-refractivity contribution in [3.8, 4) is 11.5 Å². The first-order valence-corrected chi connectivity index (χ1v) is 12.9. The van der Waals surface area contributed by atoms with Gasteiger partial charge >= 0.3 is 0 Å². The molecule has 1 N–H and O–H groups in total. The number of nitrogens with one attached hydrogen (secondary N) is 1. The Balaban J connectivity index is 1.78. The summed E-state index contributed by atoms with van der Waals surface area (Å²) in [6, 6.07) is 12.2. The molecule has 2 aromatic rings. The Kier molecular flexibility index (Phi) is 10.1. The van der Waals surface area contributed by atoms with E-state index in [9.17, 15) is 9.59 Å². The monoisotopic (exact) mass is 550 g/mol. The van der Waals surface area contributed by atoms with Gasteiger partial charge in [0.05, 0.1) is 11.6 Å². The van der Waals surface area contributed by atoms with E-state index in [1.54, 1.807) is 30.2 Å². The van der Waals surface area contributed by atoms with Gasteiger partial charge in [0.15, 0.2) is 6.61 Å². The van der Waals surface area contributed by atoms with Crippen molar-refractivity contribution in [2.24, 2.45) is 0 Å². The fourth-order valence-electron chi connectivity index (χ4n) is 4.25. The molecule has 34 heavy (non-hydrogen) atoms. The Morgan fingerprint density at radius 3 is 2.62 bits per heavy atom. The first-order valence-electron chi connectivity index (χ1n) is 11.7. The summed E-state index contributed by atoms with van der Waals surface area (Å²) >= 11 is 9.42. The van der Waals surface area contributed by atoms with Gasteiger partial charge in [-0.15, -0.1) is 0 Å². The maximum atomic E-state index is 13.4. The number of benzene rings is 2. The van der Waals surface area contributed by atoms with Crippen LogP contribution in [-0.4, -0.2) is 42.5 Å². The molecular formula is C26H32BrClN2O4. The van der Waals surface area contributed by atoms with Crippen molar-refractivity contribution in [2.45, 2.75) is 64.1 Å². The molecule has 0 spiro atoms. The zero-order valence-corrected chi connectivity index (χ0v) is 22.0. The molecule has 1 saturated carbocycles. The fourth-order valence-corrected chi connectivity index (χ4v) is 5.04. The lowest BCUT2D eigenvalue weighted by Gasteiger charge is -2.32. The standard InChI is InChI=1S/C26H32BrClN2O4/c1-3-23(26(32)29-20-9-5-4-6-10-20)30(16-18-8-7-11-21(14-18)33-2)25(31)17-34-24-13-12-19(28)15-22(24)27/h7-8,11-15,20,23H,3-6,9-10,16-17H2,1-2H3,(H,29,32)/t23-/m1/s1. The highest BCUT2D eigenvalue weighted by Gasteiger charge is 2.30. The molecule has 2 amide bonds. The molecular weight excluding hydrogens is 520 g/mol. The molecule has 1 aliphatic rings. The van der Waals surface area contributed by atoms with Crippen molar-refractivity contribution >= 4 is 39.3 Å². The highest BCUT2D eigenvalue weighted by atomic mass is 79.9. The second-order valence-corrected chi connectivity index (χ2v) is 9.79. The van der Waals surface area contributed by atoms with Crippen LogP contribution in [0.1, 0.15) is 51.0 Å². The SMILES string of the molecule is CC[C@H](C(=O)NC1CCCCC1)N(Cc1cccc(OC)c1)C(=O)COc1ccc(Cl)cc1Br. The van der Waals surface area contributed by atoms with Crippen LogP contribution in [-0.2, 0) is 16.1 Å². The lowest BCUT2D eigenvalue weighted by Crippen LogP contribution is -2.52. The molecule has 0 saturated heterocycles. The normalized spacial score (nSPS) is 14.8. The highest BCUT2D eigenvalue weighted by molar-refractivity contribution is 9.10. The fraction of sp³-hybridized carbons (Fsp3) is 0.462. The van der Waals surface area contributed by atoms with Crippen LogP contribution in [0.3, 0.4) is 0 Å². The van der Waals surface area contributed by atoms with Gasteiger partial charge in [0.1, 0.15) is 17.5 Å². The van der Waals surface area contributed by atoms with E-state index in [0.717, 1.165) is 31.2 Å². The summed E-state index contributed by atoms with van der Waals surface area (Å²) in [5.74, 6) is 0.832. The Labute approximate surface area is 215 Å². The largest absolute Gasteiger partial charge is 0.497 e. The number of nitrogens with zero attached hydrogens (tertiary/aromatic N) is 1. The smallest absolute Gasteiger partial charge is 0.261 e. The Morgan fingerprint density at radius 2 is 1.94 bits per heavy atom. The summed E-state index contributed by atoms with van der Waals surface area (Å²) in [5, 5.41) is 3.75. The van der Waals surface area contributed by atoms with Gasteiger partial charge in [0, 0.05) is 17.6 Å². The summed E-state index contributed by atoms with van der Waals surface area (Å²) in [6.45, 7) is 2.00. The predicted molar refractivity (Wildman–Crippen MR) is 137 cm³/mol. The van der Waals surface area contributed by atoms with Crippen LogP contribution in [0.5, 0.6) is 11.5 Å². The summed E-state index contributed by atoms with van der Waals surface area (Å²) in [5.41, 5.74) is 0.879. The quantitative estimate of drug-likeness (QED) is 0.408. The Hall–Kier alpha value is -2.25. The summed E-state index contributed by atoms with van der Waals surface area (Å²) < 4.78 is 11.8. The third-order valence-electron chi connectivity index (χ3n) is 6.07. The van der Waals surface area contributed by atoms with Crippen LogP contribution < -0.4 is 14.8 Å². The molecule has 2 aromatic carbocycles. The van der Waals surface area contributed by atoms with E-state index in [1.165, 1.54) is 6.42 Å². The number of methoxy groups -OCH3 is 1. The molecule has 1 aliphatic carbocycles. The number of amides is 2. The minimum Gasteiger partial charge on any atom is -0.497 e. The lowest BCUT2D eigenvalue weighted by molar-refractivity contribution is -0.143. The Bertz CT molecular complexity index is 981. The first-order chi connectivity index (χ1) is 16.4. The number of hydrogen-bond donors (Lipinski definition) is 1. The number of hydrogen-bond acceptors (Lipinski definition) is 4. The van der Waals surface area contributed by atoms with Gasteiger partial charge in [-0.3, -0.25) is 9.59 Å². The van der Waals surface area contributed by atoms with Gasteiger partial charge < -0.3 is 19.7 Å². The minimum atomic E-state index is -0.599. The summed E-state index contributed by atoms with van der Waals surface area (Å²) in [4.78, 5) is 28.3. The predicted octanol–water partition coefficient (Wildman–Crippen LogP) is 5.75. The highest BCUT2D eigenvalue weighted by Crippen LogP contribution is 2.28. The van der Waals surface area contributed by atoms with Gasteiger partial charge in [-0.1, -0.05) is 49.9 Å². The second-order valence-electron chi connectivity index (χ2n) is 8.50. The van der Waals surface area contributed by atoms with Crippen molar-refractivity contribution in [1.29, 1.82) is 0 Å². The number of carbonyl (C=O) groups is 2. The molecule has 0 aromatic heterocycles. The van der Waals surface area contributed by atoms with E-state index in [1.807, 2.05) is 31.2 Å². The van der Waals surface area contributed by atoms with Crippen molar-refractivity contribution in [3.63, 3.8) is 0 Å². The molecule has 3 rings (SSSR count). The van der Waals surface area contributed by atoms with Crippen molar-refractivity contribution < 1.29 is 19.1 Å². The topological polar surface area (TPSA) is 67.9 Å². The third-order valence-corrected chi connectivity index (χ3v) is 6.92. The van der Waals surface area contributed by atoms with Crippen LogP contribution in [0.4, 0.5) is 0 Å². The maximum absolute atomic E-state index is 13.4. The molecule has 0 heterocycles. The average molecular weight is 552 g/mol. The van der Waals surface area contributed by atoms with Gasteiger partial charge in [0.25, 0.3) is 5.91 Å². The second kappa shape index (κ2) is 13.0. The number of rotatable bonds is 10. The summed E-state index contributed by atoms with van der Waals surface area (Å²) in [6.07, 6.45) is 5.93. The lowest BCUT2D eigenvalue weighted by atomic mass is 9.95. The Morgan fingerprint density at radius 1 is 1.18 bits per heavy atom. The van der Waals surface area contributed by atoms with Crippen LogP contribution in [0.2, 0.25) is 5.02 Å². The first kappa shape index (κ1) is 26.4. The van der Waals surface area contributed by atoms with E-state index in [-0.39, 0.29) is 31.0 Å². The molecule has 184 valence electrons. The minimum absolute atomic E-state index is 0.113. The molecule has 0 radical (unpaired) electrons. The van der Waals surface area contributed by atoms with Crippen LogP contribution in [0, 0.1) is 0 Å². The van der Waals surface area contributed by atoms with Crippen LogP contribution >= 0.6 is 27.5 Å². The van der Waals surface area contributed by atoms with Gasteiger partial charge in [-0.05, 0) is 71.1 Å². The molecule has 1 atom stereocenters. The molecule has 6 nitrogen and oxygen atoms in total. The van der Waals surface area contributed by atoms with Crippen LogP contribution in [0.15, 0.2) is 46.9 Å². The van der Waals surface area contributed by atoms with Crippen molar-refractivity contribution in [2.75, 3.05) is 13.7 Å². The zero-order chi connectivity index (χ0) is 24.5. The molecule has 0 unspecified atom stereocenters. The van der Waals surface area contributed by atoms with Crippen LogP contribution in [0.25, 0.3) is 0 Å². The molecule has 0 aliphatic heterocycles.